The standard InChI is InChI=1S/C12H12BrNO2/c1-4-8-9(7-12(15)16-3)10(13)5-6-11(8)14-2/h4-6H,1-2,7H2,3H3. The van der Waals surface area contributed by atoms with Crippen molar-refractivity contribution < 1.29 is 9.53 Å². The molecule has 0 heterocycles. The summed E-state index contributed by atoms with van der Waals surface area (Å²) in [6.45, 7) is 7.19. The zero-order valence-electron chi connectivity index (χ0n) is 9.00. The minimum absolute atomic E-state index is 0.182. The molecule has 0 aromatic heterocycles. The van der Waals surface area contributed by atoms with E-state index in [0.29, 0.717) is 5.69 Å². The number of halogens is 1. The van der Waals surface area contributed by atoms with Gasteiger partial charge in [-0.05, 0) is 24.4 Å². The van der Waals surface area contributed by atoms with Crippen LogP contribution in [0.4, 0.5) is 5.69 Å². The molecule has 0 unspecified atom stereocenters. The third kappa shape index (κ3) is 2.58. The number of hydrogen-bond donors (Lipinski definition) is 0. The van der Waals surface area contributed by atoms with Gasteiger partial charge < -0.3 is 4.74 Å². The molecule has 0 spiro atoms. The predicted molar refractivity (Wildman–Crippen MR) is 69.2 cm³/mol. The molecule has 1 aromatic carbocycles. The molecule has 0 aliphatic heterocycles. The Labute approximate surface area is 103 Å². The van der Waals surface area contributed by atoms with Gasteiger partial charge in [0, 0.05) is 10.0 Å². The number of nitrogens with zero attached hydrogens (tertiary/aromatic N) is 1. The number of hydrogen-bond acceptors (Lipinski definition) is 3. The van der Waals surface area contributed by atoms with Crippen molar-refractivity contribution in [3.8, 4) is 0 Å². The van der Waals surface area contributed by atoms with Crippen LogP contribution < -0.4 is 0 Å². The van der Waals surface area contributed by atoms with Gasteiger partial charge in [-0.25, -0.2) is 0 Å². The van der Waals surface area contributed by atoms with Crippen molar-refractivity contribution in [3.63, 3.8) is 0 Å². The van der Waals surface area contributed by atoms with E-state index in [2.05, 4.69) is 39.0 Å². The normalized spacial score (nSPS) is 9.62. The molecule has 0 fully saturated rings. The average molecular weight is 282 g/mol. The first-order valence-electron chi connectivity index (χ1n) is 4.61. The Bertz CT molecular complexity index is 441. The topological polar surface area (TPSA) is 38.7 Å². The second-order valence-corrected chi connectivity index (χ2v) is 3.93. The van der Waals surface area contributed by atoms with Gasteiger partial charge in [0.2, 0.25) is 0 Å². The second-order valence-electron chi connectivity index (χ2n) is 3.07. The Hall–Kier alpha value is -1.42. The van der Waals surface area contributed by atoms with Crippen LogP contribution in [-0.4, -0.2) is 19.8 Å². The maximum absolute atomic E-state index is 11.3. The van der Waals surface area contributed by atoms with E-state index < -0.39 is 0 Å². The van der Waals surface area contributed by atoms with Crippen LogP contribution >= 0.6 is 15.9 Å². The van der Waals surface area contributed by atoms with Crippen molar-refractivity contribution in [1.29, 1.82) is 0 Å². The number of methoxy groups -OCH3 is 1. The van der Waals surface area contributed by atoms with Crippen LogP contribution in [0.3, 0.4) is 0 Å². The predicted octanol–water partition coefficient (Wildman–Crippen LogP) is 3.14. The van der Waals surface area contributed by atoms with E-state index in [1.165, 1.54) is 7.11 Å². The van der Waals surface area contributed by atoms with Crippen LogP contribution in [0.25, 0.3) is 6.08 Å². The van der Waals surface area contributed by atoms with Gasteiger partial charge in [0.15, 0.2) is 0 Å². The SMILES string of the molecule is C=Cc1c(N=C)ccc(Br)c1CC(=O)OC. The fourth-order valence-electron chi connectivity index (χ4n) is 1.39. The molecule has 0 aliphatic rings. The summed E-state index contributed by atoms with van der Waals surface area (Å²) < 4.78 is 5.48. The molecule has 0 N–H and O–H groups in total. The van der Waals surface area contributed by atoms with Gasteiger partial charge in [-0.1, -0.05) is 28.6 Å². The van der Waals surface area contributed by atoms with Gasteiger partial charge in [-0.2, -0.15) is 0 Å². The first-order chi connectivity index (χ1) is 7.63. The molecule has 0 amide bonds. The maximum Gasteiger partial charge on any atom is 0.310 e. The highest BCUT2D eigenvalue weighted by molar-refractivity contribution is 9.10. The van der Waals surface area contributed by atoms with Crippen LogP contribution in [0.5, 0.6) is 0 Å². The first kappa shape index (κ1) is 12.6. The third-order valence-electron chi connectivity index (χ3n) is 2.20. The fraction of sp³-hybridized carbons (Fsp3) is 0.167. The number of aliphatic imine (C=N–C) groups is 1. The van der Waals surface area contributed by atoms with Crippen molar-refractivity contribution in [2.45, 2.75) is 6.42 Å². The molecule has 16 heavy (non-hydrogen) atoms. The Morgan fingerprint density at radius 1 is 1.62 bits per heavy atom. The van der Waals surface area contributed by atoms with Crippen LogP contribution in [0.1, 0.15) is 11.1 Å². The highest BCUT2D eigenvalue weighted by atomic mass is 79.9. The molecule has 0 atom stereocenters. The van der Waals surface area contributed by atoms with Crippen LogP contribution in [0.2, 0.25) is 0 Å². The number of carbonyl (C=O) groups is 1. The van der Waals surface area contributed by atoms with Gasteiger partial charge >= 0.3 is 5.97 Å². The Kier molecular flexibility index (Phi) is 4.43. The molecule has 0 bridgehead atoms. The summed E-state index contributed by atoms with van der Waals surface area (Å²) in [5.74, 6) is -0.301. The van der Waals surface area contributed by atoms with Gasteiger partial charge in [0.25, 0.3) is 0 Å². The highest BCUT2D eigenvalue weighted by Crippen LogP contribution is 2.30. The second kappa shape index (κ2) is 5.61. The molecule has 0 radical (unpaired) electrons. The molecular formula is C12H12BrNO2. The molecule has 0 aliphatic carbocycles. The summed E-state index contributed by atoms with van der Waals surface area (Å²) in [6.07, 6.45) is 1.84. The number of esters is 1. The van der Waals surface area contributed by atoms with E-state index in [4.69, 9.17) is 0 Å². The number of ether oxygens (including phenoxy) is 1. The minimum atomic E-state index is -0.301. The Morgan fingerprint density at radius 2 is 2.31 bits per heavy atom. The van der Waals surface area contributed by atoms with Crippen LogP contribution in [0, 0.1) is 0 Å². The Morgan fingerprint density at radius 3 is 2.81 bits per heavy atom. The average Bonchev–Trinajstić information content (AvgIpc) is 2.31. The molecular weight excluding hydrogens is 270 g/mol. The van der Waals surface area contributed by atoms with E-state index in [1.54, 1.807) is 6.08 Å². The van der Waals surface area contributed by atoms with Crippen molar-refractivity contribution in [2.24, 2.45) is 4.99 Å². The molecule has 84 valence electrons. The summed E-state index contributed by atoms with van der Waals surface area (Å²) in [5, 5.41) is 0. The van der Waals surface area contributed by atoms with E-state index in [-0.39, 0.29) is 12.4 Å². The molecule has 4 heteroatoms. The van der Waals surface area contributed by atoms with Crippen LogP contribution in [0.15, 0.2) is 28.2 Å². The van der Waals surface area contributed by atoms with Crippen LogP contribution in [-0.2, 0) is 16.0 Å². The summed E-state index contributed by atoms with van der Waals surface area (Å²) in [7, 11) is 1.36. The molecule has 0 saturated heterocycles. The van der Waals surface area contributed by atoms with Crippen molar-refractivity contribution in [2.75, 3.05) is 7.11 Å². The molecule has 1 rings (SSSR count). The van der Waals surface area contributed by atoms with Gasteiger partial charge in [-0.3, -0.25) is 9.79 Å². The van der Waals surface area contributed by atoms with Crippen molar-refractivity contribution in [3.05, 3.63) is 34.3 Å². The fourth-order valence-corrected chi connectivity index (χ4v) is 1.87. The number of carbonyl (C=O) groups excluding carboxylic acids is 1. The lowest BCUT2D eigenvalue weighted by molar-refractivity contribution is -0.139. The van der Waals surface area contributed by atoms with E-state index in [0.717, 1.165) is 15.6 Å². The molecule has 1 aromatic rings. The van der Waals surface area contributed by atoms with Gasteiger partial charge in [-0.15, -0.1) is 0 Å². The lowest BCUT2D eigenvalue weighted by Crippen LogP contribution is -2.06. The first-order valence-corrected chi connectivity index (χ1v) is 5.40. The third-order valence-corrected chi connectivity index (χ3v) is 2.94. The van der Waals surface area contributed by atoms with Gasteiger partial charge in [0.05, 0.1) is 19.2 Å². The molecule has 3 nitrogen and oxygen atoms in total. The van der Waals surface area contributed by atoms with E-state index in [1.807, 2.05) is 12.1 Å². The summed E-state index contributed by atoms with van der Waals surface area (Å²) in [6, 6.07) is 3.64. The highest BCUT2D eigenvalue weighted by Gasteiger charge is 2.13. The van der Waals surface area contributed by atoms with E-state index in [9.17, 15) is 4.79 Å². The summed E-state index contributed by atoms with van der Waals surface area (Å²) in [4.78, 5) is 15.2. The lowest BCUT2D eigenvalue weighted by Gasteiger charge is -2.10. The maximum atomic E-state index is 11.3. The Balaban J connectivity index is 3.28. The monoisotopic (exact) mass is 281 g/mol. The largest absolute Gasteiger partial charge is 0.469 e. The summed E-state index contributed by atoms with van der Waals surface area (Å²) >= 11 is 3.39. The van der Waals surface area contributed by atoms with Crippen molar-refractivity contribution in [1.82, 2.24) is 0 Å². The number of rotatable bonds is 4. The lowest BCUT2D eigenvalue weighted by atomic mass is 10.0. The molecule has 0 saturated carbocycles. The van der Waals surface area contributed by atoms with Crippen molar-refractivity contribution >= 4 is 40.4 Å². The van der Waals surface area contributed by atoms with E-state index >= 15 is 0 Å². The zero-order valence-corrected chi connectivity index (χ0v) is 10.6. The quantitative estimate of drug-likeness (QED) is 0.628. The summed E-state index contributed by atoms with van der Waals surface area (Å²) in [5.41, 5.74) is 2.32. The number of benzene rings is 1. The smallest absolute Gasteiger partial charge is 0.310 e. The minimum Gasteiger partial charge on any atom is -0.469 e. The zero-order chi connectivity index (χ0) is 12.1. The van der Waals surface area contributed by atoms with Gasteiger partial charge in [0.1, 0.15) is 0 Å².